The first-order chi connectivity index (χ1) is 8.83. The number of hydrogen-bond acceptors (Lipinski definition) is 3. The standard InChI is InChI=1S/C14H17N3O/c1-11-4-6-17-10-16-13(14(17)7-11)9-18-12-3-2-5-15-8-12/h2-3,5,8,10-11H,4,6-7,9H2,1H3. The maximum atomic E-state index is 5.71. The highest BCUT2D eigenvalue weighted by Crippen LogP contribution is 2.23. The molecule has 2 aromatic heterocycles. The van der Waals surface area contributed by atoms with Gasteiger partial charge in [-0.25, -0.2) is 4.98 Å². The van der Waals surface area contributed by atoms with Crippen LogP contribution in [0, 0.1) is 5.92 Å². The summed E-state index contributed by atoms with van der Waals surface area (Å²) in [6.07, 6.45) is 7.75. The fourth-order valence-corrected chi connectivity index (χ4v) is 2.37. The summed E-state index contributed by atoms with van der Waals surface area (Å²) in [5, 5.41) is 0. The second kappa shape index (κ2) is 4.80. The van der Waals surface area contributed by atoms with Gasteiger partial charge in [-0.05, 0) is 30.9 Å². The summed E-state index contributed by atoms with van der Waals surface area (Å²) in [7, 11) is 0. The number of aryl methyl sites for hydroxylation is 1. The third kappa shape index (κ3) is 2.23. The number of pyridine rings is 1. The molecule has 94 valence electrons. The van der Waals surface area contributed by atoms with Crippen LogP contribution in [-0.4, -0.2) is 14.5 Å². The molecule has 1 aliphatic rings. The lowest BCUT2D eigenvalue weighted by molar-refractivity contribution is 0.296. The molecular weight excluding hydrogens is 226 g/mol. The number of hydrogen-bond donors (Lipinski definition) is 0. The van der Waals surface area contributed by atoms with E-state index in [-0.39, 0.29) is 0 Å². The number of ether oxygens (including phenoxy) is 1. The molecule has 1 aliphatic heterocycles. The van der Waals surface area contributed by atoms with E-state index in [9.17, 15) is 0 Å². The van der Waals surface area contributed by atoms with Crippen LogP contribution in [-0.2, 0) is 19.6 Å². The largest absolute Gasteiger partial charge is 0.486 e. The van der Waals surface area contributed by atoms with Crippen LogP contribution < -0.4 is 4.74 Å². The molecule has 3 rings (SSSR count). The van der Waals surface area contributed by atoms with Gasteiger partial charge < -0.3 is 9.30 Å². The lowest BCUT2D eigenvalue weighted by Gasteiger charge is -2.21. The topological polar surface area (TPSA) is 39.9 Å². The molecule has 0 radical (unpaired) electrons. The lowest BCUT2D eigenvalue weighted by atomic mass is 9.97. The van der Waals surface area contributed by atoms with Crippen LogP contribution in [0.15, 0.2) is 30.9 Å². The van der Waals surface area contributed by atoms with Crippen LogP contribution in [0.2, 0.25) is 0 Å². The molecule has 2 aromatic rings. The SMILES string of the molecule is CC1CCn2cnc(COc3cccnc3)c2C1. The van der Waals surface area contributed by atoms with Gasteiger partial charge in [-0.2, -0.15) is 0 Å². The zero-order valence-electron chi connectivity index (χ0n) is 10.5. The molecular formula is C14H17N3O. The Labute approximate surface area is 107 Å². The number of imidazole rings is 1. The Bertz CT molecular complexity index is 521. The van der Waals surface area contributed by atoms with Crippen molar-refractivity contribution in [2.45, 2.75) is 32.9 Å². The fourth-order valence-electron chi connectivity index (χ4n) is 2.37. The van der Waals surface area contributed by atoms with Crippen LogP contribution in [0.4, 0.5) is 0 Å². The summed E-state index contributed by atoms with van der Waals surface area (Å²) in [6.45, 7) is 3.90. The fraction of sp³-hybridized carbons (Fsp3) is 0.429. The van der Waals surface area contributed by atoms with E-state index in [0.29, 0.717) is 6.61 Å². The molecule has 0 aliphatic carbocycles. The Morgan fingerprint density at radius 1 is 1.50 bits per heavy atom. The zero-order valence-corrected chi connectivity index (χ0v) is 10.5. The number of fused-ring (bicyclic) bond motifs is 1. The van der Waals surface area contributed by atoms with Gasteiger partial charge in [-0.1, -0.05) is 6.92 Å². The highest BCUT2D eigenvalue weighted by molar-refractivity contribution is 5.19. The second-order valence-electron chi connectivity index (χ2n) is 4.91. The van der Waals surface area contributed by atoms with Crippen molar-refractivity contribution < 1.29 is 4.74 Å². The zero-order chi connectivity index (χ0) is 12.4. The molecule has 0 spiro atoms. The van der Waals surface area contributed by atoms with E-state index in [1.165, 1.54) is 12.1 Å². The predicted molar refractivity (Wildman–Crippen MR) is 68.3 cm³/mol. The molecule has 0 bridgehead atoms. The summed E-state index contributed by atoms with van der Waals surface area (Å²) in [4.78, 5) is 8.50. The Morgan fingerprint density at radius 2 is 2.44 bits per heavy atom. The van der Waals surface area contributed by atoms with Gasteiger partial charge in [0.1, 0.15) is 12.4 Å². The molecule has 4 nitrogen and oxygen atoms in total. The molecule has 0 amide bonds. The van der Waals surface area contributed by atoms with E-state index >= 15 is 0 Å². The van der Waals surface area contributed by atoms with Gasteiger partial charge in [0.05, 0.1) is 18.2 Å². The third-order valence-electron chi connectivity index (χ3n) is 3.45. The number of nitrogens with zero attached hydrogens (tertiary/aromatic N) is 3. The molecule has 3 heterocycles. The monoisotopic (exact) mass is 243 g/mol. The maximum absolute atomic E-state index is 5.71. The summed E-state index contributed by atoms with van der Waals surface area (Å²) < 4.78 is 7.97. The van der Waals surface area contributed by atoms with Gasteiger partial charge in [0, 0.05) is 18.4 Å². The summed E-state index contributed by atoms with van der Waals surface area (Å²) >= 11 is 0. The first kappa shape index (κ1) is 11.3. The van der Waals surface area contributed by atoms with E-state index in [0.717, 1.165) is 30.3 Å². The van der Waals surface area contributed by atoms with Gasteiger partial charge in [-0.15, -0.1) is 0 Å². The van der Waals surface area contributed by atoms with Crippen molar-refractivity contribution in [1.82, 2.24) is 14.5 Å². The quantitative estimate of drug-likeness (QED) is 0.831. The van der Waals surface area contributed by atoms with E-state index in [1.807, 2.05) is 18.5 Å². The molecule has 1 atom stereocenters. The Morgan fingerprint density at radius 3 is 3.28 bits per heavy atom. The number of rotatable bonds is 3. The van der Waals surface area contributed by atoms with E-state index < -0.39 is 0 Å². The van der Waals surface area contributed by atoms with Gasteiger partial charge in [0.25, 0.3) is 0 Å². The van der Waals surface area contributed by atoms with Gasteiger partial charge in [0.2, 0.25) is 0 Å². The van der Waals surface area contributed by atoms with Crippen LogP contribution in [0.25, 0.3) is 0 Å². The van der Waals surface area contributed by atoms with E-state index in [2.05, 4.69) is 21.5 Å². The van der Waals surface area contributed by atoms with E-state index in [1.54, 1.807) is 12.4 Å². The predicted octanol–water partition coefficient (Wildman–Crippen LogP) is 2.44. The maximum Gasteiger partial charge on any atom is 0.138 e. The molecule has 0 saturated heterocycles. The molecule has 0 N–H and O–H groups in total. The minimum absolute atomic E-state index is 0.529. The van der Waals surface area contributed by atoms with Crippen LogP contribution in [0.3, 0.4) is 0 Å². The normalized spacial score (nSPS) is 18.4. The van der Waals surface area contributed by atoms with Crippen molar-refractivity contribution in [1.29, 1.82) is 0 Å². The molecule has 0 aromatic carbocycles. The smallest absolute Gasteiger partial charge is 0.138 e. The van der Waals surface area contributed by atoms with Crippen molar-refractivity contribution >= 4 is 0 Å². The molecule has 4 heteroatoms. The summed E-state index contributed by atoms with van der Waals surface area (Å²) in [5.41, 5.74) is 2.39. The number of aromatic nitrogens is 3. The highest BCUT2D eigenvalue weighted by atomic mass is 16.5. The Balaban J connectivity index is 1.72. The first-order valence-electron chi connectivity index (χ1n) is 6.38. The molecule has 18 heavy (non-hydrogen) atoms. The summed E-state index contributed by atoms with van der Waals surface area (Å²) in [6, 6.07) is 3.79. The Kier molecular flexibility index (Phi) is 3.00. The van der Waals surface area contributed by atoms with Gasteiger partial charge in [0.15, 0.2) is 0 Å². The average Bonchev–Trinajstić information content (AvgIpc) is 2.80. The summed E-state index contributed by atoms with van der Waals surface area (Å²) in [5.74, 6) is 1.54. The Hall–Kier alpha value is -1.84. The third-order valence-corrected chi connectivity index (χ3v) is 3.45. The lowest BCUT2D eigenvalue weighted by Crippen LogP contribution is -2.17. The van der Waals surface area contributed by atoms with Crippen molar-refractivity contribution in [3.8, 4) is 5.75 Å². The molecule has 0 fully saturated rings. The average molecular weight is 243 g/mol. The van der Waals surface area contributed by atoms with Crippen molar-refractivity contribution in [3.63, 3.8) is 0 Å². The minimum Gasteiger partial charge on any atom is -0.486 e. The van der Waals surface area contributed by atoms with Crippen molar-refractivity contribution in [2.75, 3.05) is 0 Å². The van der Waals surface area contributed by atoms with Crippen LogP contribution >= 0.6 is 0 Å². The second-order valence-corrected chi connectivity index (χ2v) is 4.91. The minimum atomic E-state index is 0.529. The first-order valence-corrected chi connectivity index (χ1v) is 6.38. The van der Waals surface area contributed by atoms with Crippen molar-refractivity contribution in [2.24, 2.45) is 5.92 Å². The van der Waals surface area contributed by atoms with Gasteiger partial charge in [-0.3, -0.25) is 4.98 Å². The molecule has 1 unspecified atom stereocenters. The van der Waals surface area contributed by atoms with Crippen molar-refractivity contribution in [3.05, 3.63) is 42.2 Å². The van der Waals surface area contributed by atoms with E-state index in [4.69, 9.17) is 4.74 Å². The highest BCUT2D eigenvalue weighted by Gasteiger charge is 2.19. The van der Waals surface area contributed by atoms with Crippen LogP contribution in [0.1, 0.15) is 24.7 Å². The van der Waals surface area contributed by atoms with Gasteiger partial charge >= 0.3 is 0 Å². The molecule has 0 saturated carbocycles. The van der Waals surface area contributed by atoms with Crippen LogP contribution in [0.5, 0.6) is 5.75 Å².